The Morgan fingerprint density at radius 1 is 1.11 bits per heavy atom. The summed E-state index contributed by atoms with van der Waals surface area (Å²) >= 11 is 5.44. The van der Waals surface area contributed by atoms with Gasteiger partial charge in [0.25, 0.3) is 0 Å². The van der Waals surface area contributed by atoms with Crippen LogP contribution >= 0.6 is 12.2 Å². The average molecular weight is 491 g/mol. The van der Waals surface area contributed by atoms with Crippen molar-refractivity contribution in [1.82, 2.24) is 20.3 Å². The van der Waals surface area contributed by atoms with E-state index >= 15 is 0 Å². The molecule has 1 spiro atoms. The maximum Gasteiger partial charge on any atom is 0.229 e. The Labute approximate surface area is 210 Å². The van der Waals surface area contributed by atoms with Crippen molar-refractivity contribution in [1.29, 1.82) is 0 Å². The highest BCUT2D eigenvalue weighted by molar-refractivity contribution is 7.80. The van der Waals surface area contributed by atoms with Gasteiger partial charge in [-0.1, -0.05) is 30.4 Å². The molecule has 0 radical (unpaired) electrons. The summed E-state index contributed by atoms with van der Waals surface area (Å²) < 4.78 is 11.7. The summed E-state index contributed by atoms with van der Waals surface area (Å²) in [4.78, 5) is 20.4. The normalized spacial score (nSPS) is 21.4. The van der Waals surface area contributed by atoms with Gasteiger partial charge in [0.05, 0.1) is 42.5 Å². The van der Waals surface area contributed by atoms with Gasteiger partial charge >= 0.3 is 0 Å². The first-order valence-electron chi connectivity index (χ1n) is 12.3. The number of rotatable bonds is 4. The van der Waals surface area contributed by atoms with Crippen LogP contribution in [0, 0.1) is 0 Å². The van der Waals surface area contributed by atoms with E-state index in [1.807, 2.05) is 19.2 Å². The number of ether oxygens (including phenoxy) is 2. The van der Waals surface area contributed by atoms with Crippen LogP contribution in [0.25, 0.3) is 22.3 Å². The Balaban J connectivity index is 1.45. The second kappa shape index (κ2) is 8.96. The summed E-state index contributed by atoms with van der Waals surface area (Å²) in [5.41, 5.74) is 3.54. The number of hydrogen-bond acceptors (Lipinski definition) is 8. The SMILES string of the molecule is CNC(=S)c1cccc(-c2ccc3c(N4CCOC[C@@H]4C)nc(N4CCOC5(CC5)C4)nc3n2)c1. The summed E-state index contributed by atoms with van der Waals surface area (Å²) in [7, 11) is 1.84. The molecule has 4 heterocycles. The Morgan fingerprint density at radius 3 is 2.80 bits per heavy atom. The van der Waals surface area contributed by atoms with Crippen molar-refractivity contribution < 1.29 is 9.47 Å². The van der Waals surface area contributed by atoms with E-state index in [9.17, 15) is 0 Å². The second-order valence-corrected chi connectivity index (χ2v) is 10.1. The van der Waals surface area contributed by atoms with Crippen LogP contribution in [0.1, 0.15) is 25.3 Å². The highest BCUT2D eigenvalue weighted by Gasteiger charge is 2.48. The van der Waals surface area contributed by atoms with Crippen LogP contribution in [0.15, 0.2) is 36.4 Å². The molecule has 2 saturated heterocycles. The third kappa shape index (κ3) is 4.32. The number of benzene rings is 1. The lowest BCUT2D eigenvalue weighted by Gasteiger charge is -2.36. The topological polar surface area (TPSA) is 75.6 Å². The summed E-state index contributed by atoms with van der Waals surface area (Å²) in [6.07, 6.45) is 2.22. The standard InChI is InChI=1S/C26H30N6O2S/c1-17-15-33-12-11-32(17)23-20-6-7-21(18-4-3-5-19(14-18)24(35)27-2)28-22(20)29-25(30-23)31-10-13-34-26(16-31)8-9-26/h3-7,14,17H,8-13,15-16H2,1-2H3,(H,27,35)/t17-/m0/s1. The smallest absolute Gasteiger partial charge is 0.229 e. The number of nitrogens with zero attached hydrogens (tertiary/aromatic N) is 5. The molecular formula is C26H30N6O2S. The number of anilines is 2. The van der Waals surface area contributed by atoms with Gasteiger partial charge in [-0.05, 0) is 38.0 Å². The van der Waals surface area contributed by atoms with E-state index in [1.54, 1.807) is 0 Å². The molecule has 2 aliphatic heterocycles. The zero-order chi connectivity index (χ0) is 24.0. The number of pyridine rings is 1. The minimum absolute atomic E-state index is 0.00949. The van der Waals surface area contributed by atoms with Crippen molar-refractivity contribution in [3.63, 3.8) is 0 Å². The van der Waals surface area contributed by atoms with Gasteiger partial charge in [0.1, 0.15) is 10.8 Å². The number of aromatic nitrogens is 3. The van der Waals surface area contributed by atoms with Crippen LogP contribution in [0.5, 0.6) is 0 Å². The van der Waals surface area contributed by atoms with Gasteiger partial charge in [-0.3, -0.25) is 0 Å². The summed E-state index contributed by atoms with van der Waals surface area (Å²) in [5.74, 6) is 1.66. The second-order valence-electron chi connectivity index (χ2n) is 9.65. The van der Waals surface area contributed by atoms with Crippen molar-refractivity contribution >= 4 is 40.0 Å². The van der Waals surface area contributed by atoms with Gasteiger partial charge in [0.15, 0.2) is 5.65 Å². The van der Waals surface area contributed by atoms with E-state index < -0.39 is 0 Å². The number of thiocarbonyl (C=S) groups is 1. The molecule has 1 aromatic carbocycles. The van der Waals surface area contributed by atoms with Crippen LogP contribution < -0.4 is 15.1 Å². The fourth-order valence-corrected chi connectivity index (χ4v) is 5.09. The highest BCUT2D eigenvalue weighted by Crippen LogP contribution is 2.43. The molecule has 9 heteroatoms. The molecule has 0 bridgehead atoms. The van der Waals surface area contributed by atoms with Crippen molar-refractivity contribution in [2.75, 3.05) is 56.3 Å². The zero-order valence-corrected chi connectivity index (χ0v) is 21.0. The Kier molecular flexibility index (Phi) is 5.78. The van der Waals surface area contributed by atoms with E-state index in [0.717, 1.165) is 66.4 Å². The molecule has 0 unspecified atom stereocenters. The average Bonchev–Trinajstić information content (AvgIpc) is 3.65. The van der Waals surface area contributed by atoms with Gasteiger partial charge in [0, 0.05) is 37.8 Å². The van der Waals surface area contributed by atoms with Crippen LogP contribution in [0.4, 0.5) is 11.8 Å². The van der Waals surface area contributed by atoms with Crippen molar-refractivity contribution in [3.8, 4) is 11.3 Å². The molecule has 3 aliphatic rings. The van der Waals surface area contributed by atoms with Crippen LogP contribution in [0.3, 0.4) is 0 Å². The maximum absolute atomic E-state index is 6.04. The van der Waals surface area contributed by atoms with Gasteiger partial charge < -0.3 is 24.6 Å². The molecule has 3 aromatic rings. The van der Waals surface area contributed by atoms with E-state index in [1.165, 1.54) is 0 Å². The Morgan fingerprint density at radius 2 is 2.00 bits per heavy atom. The van der Waals surface area contributed by atoms with E-state index in [-0.39, 0.29) is 11.6 Å². The zero-order valence-electron chi connectivity index (χ0n) is 20.2. The van der Waals surface area contributed by atoms with Crippen molar-refractivity contribution in [2.24, 2.45) is 0 Å². The van der Waals surface area contributed by atoms with Crippen LogP contribution in [-0.4, -0.2) is 78.1 Å². The van der Waals surface area contributed by atoms with Crippen molar-refractivity contribution in [2.45, 2.75) is 31.4 Å². The quantitative estimate of drug-likeness (QED) is 0.555. The molecular weight excluding hydrogens is 460 g/mol. The molecule has 6 rings (SSSR count). The number of hydrogen-bond donors (Lipinski definition) is 1. The lowest BCUT2D eigenvalue weighted by Crippen LogP contribution is -2.46. The maximum atomic E-state index is 6.04. The minimum atomic E-state index is -0.00949. The Hall–Kier alpha value is -2.88. The molecule has 35 heavy (non-hydrogen) atoms. The summed E-state index contributed by atoms with van der Waals surface area (Å²) in [6, 6.07) is 12.5. The molecule has 0 amide bonds. The van der Waals surface area contributed by atoms with Gasteiger partial charge in [0.2, 0.25) is 5.95 Å². The Bertz CT molecular complexity index is 1280. The fourth-order valence-electron chi connectivity index (χ4n) is 4.97. The van der Waals surface area contributed by atoms with Gasteiger partial charge in [-0.2, -0.15) is 9.97 Å². The lowest BCUT2D eigenvalue weighted by atomic mass is 10.1. The highest BCUT2D eigenvalue weighted by atomic mass is 32.1. The molecule has 8 nitrogen and oxygen atoms in total. The number of fused-ring (bicyclic) bond motifs is 1. The van der Waals surface area contributed by atoms with Crippen LogP contribution in [0.2, 0.25) is 0 Å². The predicted octanol–water partition coefficient (Wildman–Crippen LogP) is 3.18. The summed E-state index contributed by atoms with van der Waals surface area (Å²) in [6.45, 7) is 6.68. The van der Waals surface area contributed by atoms with Gasteiger partial charge in [-0.25, -0.2) is 4.98 Å². The third-order valence-corrected chi connectivity index (χ3v) is 7.59. The lowest BCUT2D eigenvalue weighted by molar-refractivity contribution is 0.0201. The molecule has 2 aromatic heterocycles. The first kappa shape index (κ1) is 22.6. The molecule has 182 valence electrons. The fraction of sp³-hybridized carbons (Fsp3) is 0.462. The third-order valence-electron chi connectivity index (χ3n) is 7.15. The molecule has 1 saturated carbocycles. The first-order chi connectivity index (χ1) is 17.0. The van der Waals surface area contributed by atoms with E-state index in [0.29, 0.717) is 30.5 Å². The van der Waals surface area contributed by atoms with Gasteiger partial charge in [-0.15, -0.1) is 0 Å². The predicted molar refractivity (Wildman–Crippen MR) is 141 cm³/mol. The molecule has 3 fully saturated rings. The monoisotopic (exact) mass is 490 g/mol. The molecule has 1 aliphatic carbocycles. The minimum Gasteiger partial charge on any atom is -0.379 e. The van der Waals surface area contributed by atoms with E-state index in [2.05, 4.69) is 46.3 Å². The van der Waals surface area contributed by atoms with Crippen molar-refractivity contribution in [3.05, 3.63) is 42.0 Å². The number of morpholine rings is 2. The number of nitrogens with one attached hydrogen (secondary N) is 1. The first-order valence-corrected chi connectivity index (χ1v) is 12.7. The van der Waals surface area contributed by atoms with Crippen LogP contribution in [-0.2, 0) is 9.47 Å². The largest absolute Gasteiger partial charge is 0.379 e. The molecule has 1 N–H and O–H groups in total. The van der Waals surface area contributed by atoms with E-state index in [4.69, 9.17) is 36.6 Å². The summed E-state index contributed by atoms with van der Waals surface area (Å²) in [5, 5.41) is 4.01. The molecule has 1 atom stereocenters.